The first kappa shape index (κ1) is 18.3. The summed E-state index contributed by atoms with van der Waals surface area (Å²) in [6.07, 6.45) is 2.22. The number of nitriles is 1. The molecule has 1 aromatic carbocycles. The maximum atomic E-state index is 12.4. The van der Waals surface area contributed by atoms with Gasteiger partial charge in [-0.05, 0) is 36.4 Å². The van der Waals surface area contributed by atoms with Crippen LogP contribution in [0, 0.1) is 11.3 Å². The molecule has 0 radical (unpaired) electrons. The molecule has 0 unspecified atom stereocenters. The third kappa shape index (κ3) is 5.50. The second-order valence-corrected chi connectivity index (χ2v) is 5.39. The first-order valence-corrected chi connectivity index (χ1v) is 8.07. The number of hydrogen-bond donors (Lipinski definition) is 0. The van der Waals surface area contributed by atoms with Crippen LogP contribution in [-0.2, 0) is 11.3 Å². The van der Waals surface area contributed by atoms with E-state index in [0.717, 1.165) is 0 Å². The van der Waals surface area contributed by atoms with Gasteiger partial charge in [0.15, 0.2) is 12.4 Å². The molecule has 0 fully saturated rings. The molecule has 0 saturated carbocycles. The van der Waals surface area contributed by atoms with Crippen molar-refractivity contribution in [2.24, 2.45) is 0 Å². The van der Waals surface area contributed by atoms with Crippen molar-refractivity contribution in [1.82, 2.24) is 4.90 Å². The van der Waals surface area contributed by atoms with Crippen LogP contribution in [0.2, 0.25) is 0 Å². The number of carbonyl (C=O) groups is 2. The molecule has 0 N–H and O–H groups in total. The fourth-order valence-corrected chi connectivity index (χ4v) is 2.25. The largest absolute Gasteiger partial charge is 0.484 e. The fraction of sp³-hybridized carbons (Fsp3) is 0.316. The number of benzene rings is 1. The molecule has 130 valence electrons. The van der Waals surface area contributed by atoms with Crippen LogP contribution in [0.15, 0.2) is 47.1 Å². The van der Waals surface area contributed by atoms with Crippen LogP contribution in [0.4, 0.5) is 0 Å². The lowest BCUT2D eigenvalue weighted by atomic mass is 10.1. The van der Waals surface area contributed by atoms with Crippen LogP contribution in [0.25, 0.3) is 0 Å². The molecule has 6 heteroatoms. The SMILES string of the molecule is CCC(=O)c1ccc(OCC(=O)N(CCC#N)Cc2ccco2)cc1. The number of rotatable bonds is 9. The van der Waals surface area contributed by atoms with Crippen molar-refractivity contribution in [3.05, 3.63) is 54.0 Å². The summed E-state index contributed by atoms with van der Waals surface area (Å²) in [7, 11) is 0. The number of hydrogen-bond acceptors (Lipinski definition) is 5. The molecule has 6 nitrogen and oxygen atoms in total. The lowest BCUT2D eigenvalue weighted by molar-refractivity contribution is -0.134. The van der Waals surface area contributed by atoms with Crippen LogP contribution < -0.4 is 4.74 Å². The molecule has 2 rings (SSSR count). The fourth-order valence-electron chi connectivity index (χ4n) is 2.25. The van der Waals surface area contributed by atoms with E-state index in [4.69, 9.17) is 14.4 Å². The van der Waals surface area contributed by atoms with E-state index in [-0.39, 0.29) is 24.7 Å². The summed E-state index contributed by atoms with van der Waals surface area (Å²) >= 11 is 0. The Balaban J connectivity index is 1.93. The highest BCUT2D eigenvalue weighted by atomic mass is 16.5. The Kier molecular flexibility index (Phi) is 6.78. The van der Waals surface area contributed by atoms with E-state index < -0.39 is 0 Å². The van der Waals surface area contributed by atoms with Gasteiger partial charge in [0, 0.05) is 18.5 Å². The second kappa shape index (κ2) is 9.28. The van der Waals surface area contributed by atoms with Gasteiger partial charge in [-0.25, -0.2) is 0 Å². The number of Topliss-reactive ketones (excluding diaryl/α,β-unsaturated/α-hetero) is 1. The topological polar surface area (TPSA) is 83.5 Å². The highest BCUT2D eigenvalue weighted by Crippen LogP contribution is 2.14. The maximum absolute atomic E-state index is 12.4. The number of nitrogens with zero attached hydrogens (tertiary/aromatic N) is 2. The van der Waals surface area contributed by atoms with E-state index in [1.54, 1.807) is 43.3 Å². The molecule has 0 aliphatic heterocycles. The zero-order valence-corrected chi connectivity index (χ0v) is 14.1. The van der Waals surface area contributed by atoms with E-state index in [2.05, 4.69) is 0 Å². The average Bonchev–Trinajstić information content (AvgIpc) is 3.16. The van der Waals surface area contributed by atoms with Gasteiger partial charge >= 0.3 is 0 Å². The molecule has 0 bridgehead atoms. The van der Waals surface area contributed by atoms with Crippen molar-refractivity contribution in [3.8, 4) is 11.8 Å². The summed E-state index contributed by atoms with van der Waals surface area (Å²) in [5.74, 6) is 0.983. The Bertz CT molecular complexity index is 730. The van der Waals surface area contributed by atoms with Crippen molar-refractivity contribution >= 4 is 11.7 Å². The average molecular weight is 340 g/mol. The van der Waals surface area contributed by atoms with Crippen molar-refractivity contribution < 1.29 is 18.7 Å². The van der Waals surface area contributed by atoms with E-state index in [1.807, 2.05) is 6.07 Å². The van der Waals surface area contributed by atoms with Crippen LogP contribution in [0.3, 0.4) is 0 Å². The molecular formula is C19H20N2O4. The summed E-state index contributed by atoms with van der Waals surface area (Å²) in [6.45, 7) is 2.26. The van der Waals surface area contributed by atoms with Crippen LogP contribution in [-0.4, -0.2) is 29.7 Å². The van der Waals surface area contributed by atoms with E-state index >= 15 is 0 Å². The van der Waals surface area contributed by atoms with E-state index in [0.29, 0.717) is 36.6 Å². The number of ketones is 1. The predicted molar refractivity (Wildman–Crippen MR) is 90.9 cm³/mol. The Labute approximate surface area is 146 Å². The summed E-state index contributed by atoms with van der Waals surface area (Å²) in [6, 6.07) is 12.3. The molecule has 1 amide bonds. The molecule has 0 spiro atoms. The molecule has 2 aromatic rings. The van der Waals surface area contributed by atoms with Crippen LogP contribution in [0.1, 0.15) is 35.9 Å². The molecule has 0 atom stereocenters. The standard InChI is InChI=1S/C19H20N2O4/c1-2-18(22)15-6-8-16(9-7-15)25-14-19(23)21(11-4-10-20)13-17-5-3-12-24-17/h3,5-9,12H,2,4,11,13-14H2,1H3. The smallest absolute Gasteiger partial charge is 0.260 e. The van der Waals surface area contributed by atoms with Gasteiger partial charge in [-0.3, -0.25) is 9.59 Å². The van der Waals surface area contributed by atoms with Crippen LogP contribution >= 0.6 is 0 Å². The summed E-state index contributed by atoms with van der Waals surface area (Å²) in [5, 5.41) is 8.75. The number of furan rings is 1. The van der Waals surface area contributed by atoms with Gasteiger partial charge in [0.1, 0.15) is 11.5 Å². The van der Waals surface area contributed by atoms with Gasteiger partial charge in [-0.2, -0.15) is 5.26 Å². The lowest BCUT2D eigenvalue weighted by Crippen LogP contribution is -2.35. The van der Waals surface area contributed by atoms with Gasteiger partial charge in [0.2, 0.25) is 0 Å². The predicted octanol–water partition coefficient (Wildman–Crippen LogP) is 3.19. The molecular weight excluding hydrogens is 320 g/mol. The minimum absolute atomic E-state index is 0.0590. The van der Waals surface area contributed by atoms with Gasteiger partial charge in [-0.1, -0.05) is 6.92 Å². The number of carbonyl (C=O) groups excluding carboxylic acids is 2. The van der Waals surface area contributed by atoms with Crippen LogP contribution in [0.5, 0.6) is 5.75 Å². The quantitative estimate of drug-likeness (QED) is 0.655. The Morgan fingerprint density at radius 2 is 2.00 bits per heavy atom. The molecule has 1 heterocycles. The first-order valence-electron chi connectivity index (χ1n) is 8.07. The summed E-state index contributed by atoms with van der Waals surface area (Å²) < 4.78 is 10.8. The normalized spacial score (nSPS) is 10.1. The van der Waals surface area contributed by atoms with Crippen molar-refractivity contribution in [1.29, 1.82) is 5.26 Å². The Morgan fingerprint density at radius 1 is 1.24 bits per heavy atom. The van der Waals surface area contributed by atoms with E-state index in [1.165, 1.54) is 11.2 Å². The summed E-state index contributed by atoms with van der Waals surface area (Å²) in [4.78, 5) is 25.5. The molecule has 0 aliphatic rings. The minimum atomic E-state index is -0.236. The highest BCUT2D eigenvalue weighted by molar-refractivity contribution is 5.95. The van der Waals surface area contributed by atoms with Gasteiger partial charge in [0.25, 0.3) is 5.91 Å². The Morgan fingerprint density at radius 3 is 2.60 bits per heavy atom. The number of ether oxygens (including phenoxy) is 1. The van der Waals surface area contributed by atoms with Crippen molar-refractivity contribution in [2.75, 3.05) is 13.2 Å². The van der Waals surface area contributed by atoms with Gasteiger partial charge in [-0.15, -0.1) is 0 Å². The molecule has 0 aliphatic carbocycles. The second-order valence-electron chi connectivity index (χ2n) is 5.39. The van der Waals surface area contributed by atoms with Gasteiger partial charge < -0.3 is 14.1 Å². The van der Waals surface area contributed by atoms with Gasteiger partial charge in [0.05, 0.1) is 25.3 Å². The Hall–Kier alpha value is -3.07. The maximum Gasteiger partial charge on any atom is 0.260 e. The minimum Gasteiger partial charge on any atom is -0.484 e. The third-order valence-electron chi connectivity index (χ3n) is 3.63. The zero-order chi connectivity index (χ0) is 18.1. The molecule has 1 aromatic heterocycles. The number of amides is 1. The molecule has 25 heavy (non-hydrogen) atoms. The monoisotopic (exact) mass is 340 g/mol. The zero-order valence-electron chi connectivity index (χ0n) is 14.1. The third-order valence-corrected chi connectivity index (χ3v) is 3.63. The van der Waals surface area contributed by atoms with Crippen molar-refractivity contribution in [3.63, 3.8) is 0 Å². The summed E-state index contributed by atoms with van der Waals surface area (Å²) in [5.41, 5.74) is 0.620. The van der Waals surface area contributed by atoms with E-state index in [9.17, 15) is 9.59 Å². The molecule has 0 saturated heterocycles. The highest BCUT2D eigenvalue weighted by Gasteiger charge is 2.16. The van der Waals surface area contributed by atoms with Crippen molar-refractivity contribution in [2.45, 2.75) is 26.3 Å². The lowest BCUT2D eigenvalue weighted by Gasteiger charge is -2.20. The first-order chi connectivity index (χ1) is 12.1.